The zero-order valence-corrected chi connectivity index (χ0v) is 13.8. The van der Waals surface area contributed by atoms with Gasteiger partial charge in [-0.3, -0.25) is 4.79 Å². The van der Waals surface area contributed by atoms with E-state index in [9.17, 15) is 9.18 Å². The van der Waals surface area contributed by atoms with Gasteiger partial charge in [0.1, 0.15) is 5.82 Å². The molecule has 0 aromatic heterocycles. The molecule has 1 heterocycles. The predicted molar refractivity (Wildman–Crippen MR) is 95.9 cm³/mol. The van der Waals surface area contributed by atoms with Crippen molar-refractivity contribution >= 4 is 28.4 Å². The van der Waals surface area contributed by atoms with Gasteiger partial charge in [-0.2, -0.15) is 0 Å². The second kappa shape index (κ2) is 6.29. The highest BCUT2D eigenvalue weighted by Crippen LogP contribution is 2.36. The third kappa shape index (κ3) is 2.78. The molecule has 1 amide bonds. The third-order valence-electron chi connectivity index (χ3n) is 4.35. The van der Waals surface area contributed by atoms with E-state index in [1.807, 2.05) is 42.5 Å². The van der Waals surface area contributed by atoms with E-state index in [2.05, 4.69) is 5.32 Å². The Morgan fingerprint density at radius 1 is 1.08 bits per heavy atom. The molecule has 24 heavy (non-hydrogen) atoms. The number of hydrogen-bond donors (Lipinski definition) is 1. The first-order chi connectivity index (χ1) is 11.7. The van der Waals surface area contributed by atoms with Gasteiger partial charge in [0.05, 0.1) is 6.04 Å². The molecule has 0 bridgehead atoms. The van der Waals surface area contributed by atoms with Gasteiger partial charge in [0.15, 0.2) is 0 Å². The summed E-state index contributed by atoms with van der Waals surface area (Å²) in [5, 5.41) is 5.06. The number of rotatable bonds is 2. The summed E-state index contributed by atoms with van der Waals surface area (Å²) in [4.78, 5) is 13.9. The fourth-order valence-corrected chi connectivity index (χ4v) is 4.28. The lowest BCUT2D eigenvalue weighted by molar-refractivity contribution is 0.0936. The van der Waals surface area contributed by atoms with Crippen LogP contribution >= 0.6 is 11.8 Å². The Morgan fingerprint density at radius 2 is 1.92 bits per heavy atom. The van der Waals surface area contributed by atoms with Gasteiger partial charge < -0.3 is 5.32 Å². The summed E-state index contributed by atoms with van der Waals surface area (Å²) in [7, 11) is 0. The first-order valence-corrected chi connectivity index (χ1v) is 8.92. The molecule has 1 N–H and O–H groups in total. The number of amides is 1. The fraction of sp³-hybridized carbons (Fsp3) is 0.150. The normalized spacial score (nSPS) is 16.6. The molecule has 3 aromatic rings. The number of halogens is 1. The summed E-state index contributed by atoms with van der Waals surface area (Å²) in [5.41, 5.74) is 1.53. The molecular weight excluding hydrogens is 321 g/mol. The lowest BCUT2D eigenvalue weighted by Gasteiger charge is -2.26. The third-order valence-corrected chi connectivity index (χ3v) is 5.47. The maximum Gasteiger partial charge on any atom is 0.252 e. The molecule has 0 fully saturated rings. The van der Waals surface area contributed by atoms with Gasteiger partial charge in [0.25, 0.3) is 5.91 Å². The topological polar surface area (TPSA) is 29.1 Å². The number of hydrogen-bond acceptors (Lipinski definition) is 2. The SMILES string of the molecule is O=C(NC1CCSc2ccc(F)cc21)c1cccc2ccccc12. The van der Waals surface area contributed by atoms with E-state index in [1.54, 1.807) is 17.8 Å². The summed E-state index contributed by atoms with van der Waals surface area (Å²) in [6.07, 6.45) is 0.803. The van der Waals surface area contributed by atoms with Crippen LogP contribution in [0, 0.1) is 5.82 Å². The first-order valence-electron chi connectivity index (χ1n) is 7.93. The molecule has 4 rings (SSSR count). The Bertz CT molecular complexity index is 919. The Morgan fingerprint density at radius 3 is 2.83 bits per heavy atom. The standard InChI is InChI=1S/C20H16FNOS/c21-14-8-9-19-17(12-14)18(10-11-24-19)22-20(23)16-7-3-5-13-4-1-2-6-15(13)16/h1-9,12,18H,10-11H2,(H,22,23). The molecule has 0 saturated carbocycles. The summed E-state index contributed by atoms with van der Waals surface area (Å²) >= 11 is 1.71. The molecule has 0 spiro atoms. The van der Waals surface area contributed by atoms with Crippen LogP contribution in [-0.2, 0) is 0 Å². The van der Waals surface area contributed by atoms with Crippen molar-refractivity contribution in [2.75, 3.05) is 5.75 Å². The van der Waals surface area contributed by atoms with E-state index in [4.69, 9.17) is 0 Å². The molecule has 3 aromatic carbocycles. The van der Waals surface area contributed by atoms with Gasteiger partial charge in [-0.15, -0.1) is 11.8 Å². The molecular formula is C20H16FNOS. The zero-order chi connectivity index (χ0) is 16.5. The van der Waals surface area contributed by atoms with Crippen LogP contribution in [0.15, 0.2) is 65.6 Å². The van der Waals surface area contributed by atoms with Crippen molar-refractivity contribution in [1.29, 1.82) is 0 Å². The molecule has 1 unspecified atom stereocenters. The zero-order valence-electron chi connectivity index (χ0n) is 13.0. The Hall–Kier alpha value is -2.33. The average Bonchev–Trinajstić information content (AvgIpc) is 2.61. The van der Waals surface area contributed by atoms with Crippen LogP contribution in [0.3, 0.4) is 0 Å². The second-order valence-corrected chi connectivity index (χ2v) is 7.01. The number of nitrogens with one attached hydrogen (secondary N) is 1. The van der Waals surface area contributed by atoms with Crippen LogP contribution in [0.25, 0.3) is 10.8 Å². The molecule has 1 aliphatic heterocycles. The molecule has 1 atom stereocenters. The van der Waals surface area contributed by atoms with E-state index in [0.29, 0.717) is 5.56 Å². The molecule has 2 nitrogen and oxygen atoms in total. The Labute approximate surface area is 144 Å². The highest BCUT2D eigenvalue weighted by atomic mass is 32.2. The number of carbonyl (C=O) groups is 1. The fourth-order valence-electron chi connectivity index (χ4n) is 3.17. The van der Waals surface area contributed by atoms with Crippen molar-refractivity contribution in [3.05, 3.63) is 77.6 Å². The van der Waals surface area contributed by atoms with Gasteiger partial charge >= 0.3 is 0 Å². The Balaban J connectivity index is 1.67. The monoisotopic (exact) mass is 337 g/mol. The molecule has 0 radical (unpaired) electrons. The van der Waals surface area contributed by atoms with E-state index in [0.717, 1.165) is 33.4 Å². The largest absolute Gasteiger partial charge is 0.345 e. The number of benzene rings is 3. The van der Waals surface area contributed by atoms with Crippen molar-refractivity contribution in [2.24, 2.45) is 0 Å². The smallest absolute Gasteiger partial charge is 0.252 e. The van der Waals surface area contributed by atoms with Gasteiger partial charge in [-0.25, -0.2) is 4.39 Å². The van der Waals surface area contributed by atoms with E-state index >= 15 is 0 Å². The van der Waals surface area contributed by atoms with Crippen LogP contribution in [0.1, 0.15) is 28.4 Å². The quantitative estimate of drug-likeness (QED) is 0.717. The van der Waals surface area contributed by atoms with E-state index in [-0.39, 0.29) is 17.8 Å². The van der Waals surface area contributed by atoms with E-state index < -0.39 is 0 Å². The predicted octanol–water partition coefficient (Wildman–Crippen LogP) is 4.95. The van der Waals surface area contributed by atoms with Crippen LogP contribution in [0.4, 0.5) is 4.39 Å². The van der Waals surface area contributed by atoms with Gasteiger partial charge in [-0.1, -0.05) is 36.4 Å². The van der Waals surface area contributed by atoms with Crippen molar-refractivity contribution in [1.82, 2.24) is 5.32 Å². The van der Waals surface area contributed by atoms with Crippen LogP contribution in [-0.4, -0.2) is 11.7 Å². The van der Waals surface area contributed by atoms with Gasteiger partial charge in [0.2, 0.25) is 0 Å². The van der Waals surface area contributed by atoms with Crippen LogP contribution < -0.4 is 5.32 Å². The average molecular weight is 337 g/mol. The molecule has 1 aliphatic rings. The van der Waals surface area contributed by atoms with Crippen molar-refractivity contribution < 1.29 is 9.18 Å². The molecule has 120 valence electrons. The van der Waals surface area contributed by atoms with Gasteiger partial charge in [-0.05, 0) is 47.0 Å². The highest BCUT2D eigenvalue weighted by molar-refractivity contribution is 7.99. The van der Waals surface area contributed by atoms with Gasteiger partial charge in [0, 0.05) is 16.2 Å². The van der Waals surface area contributed by atoms with Crippen molar-refractivity contribution in [3.63, 3.8) is 0 Å². The summed E-state index contributed by atoms with van der Waals surface area (Å²) in [5.74, 6) is 0.540. The molecule has 4 heteroatoms. The highest BCUT2D eigenvalue weighted by Gasteiger charge is 2.23. The minimum atomic E-state index is -0.263. The lowest BCUT2D eigenvalue weighted by atomic mass is 10.0. The molecule has 0 saturated heterocycles. The summed E-state index contributed by atoms with van der Waals surface area (Å²) < 4.78 is 13.6. The lowest BCUT2D eigenvalue weighted by Crippen LogP contribution is -2.30. The maximum atomic E-state index is 13.6. The van der Waals surface area contributed by atoms with Crippen molar-refractivity contribution in [2.45, 2.75) is 17.4 Å². The van der Waals surface area contributed by atoms with Crippen LogP contribution in [0.2, 0.25) is 0 Å². The number of thioether (sulfide) groups is 1. The Kier molecular flexibility index (Phi) is 3.98. The second-order valence-electron chi connectivity index (χ2n) is 5.87. The summed E-state index contributed by atoms with van der Waals surface area (Å²) in [6, 6.07) is 18.2. The maximum absolute atomic E-state index is 13.6. The number of fused-ring (bicyclic) bond motifs is 2. The number of carbonyl (C=O) groups excluding carboxylic acids is 1. The summed E-state index contributed by atoms with van der Waals surface area (Å²) in [6.45, 7) is 0. The first kappa shape index (κ1) is 15.2. The van der Waals surface area contributed by atoms with Crippen molar-refractivity contribution in [3.8, 4) is 0 Å². The van der Waals surface area contributed by atoms with Crippen LogP contribution in [0.5, 0.6) is 0 Å². The molecule has 0 aliphatic carbocycles. The van der Waals surface area contributed by atoms with E-state index in [1.165, 1.54) is 12.1 Å². The minimum Gasteiger partial charge on any atom is -0.345 e. The minimum absolute atomic E-state index is 0.112.